The van der Waals surface area contributed by atoms with E-state index in [2.05, 4.69) is 4.99 Å². The van der Waals surface area contributed by atoms with Gasteiger partial charge < -0.3 is 9.64 Å². The third-order valence-electron chi connectivity index (χ3n) is 1.94. The summed E-state index contributed by atoms with van der Waals surface area (Å²) >= 11 is 0. The molecule has 0 amide bonds. The number of benzene rings is 1. The fourth-order valence-electron chi connectivity index (χ4n) is 1.25. The molecule has 0 saturated heterocycles. The van der Waals surface area contributed by atoms with E-state index in [1.165, 1.54) is 0 Å². The van der Waals surface area contributed by atoms with Gasteiger partial charge in [0.25, 0.3) is 6.02 Å². The number of amidine groups is 1. The van der Waals surface area contributed by atoms with Crippen molar-refractivity contribution in [1.29, 1.82) is 0 Å². The largest absolute Gasteiger partial charge is 0.426 e. The number of hydrogen-bond donors (Lipinski definition) is 0. The summed E-state index contributed by atoms with van der Waals surface area (Å²) in [4.78, 5) is 6.16. The zero-order valence-electron chi connectivity index (χ0n) is 7.82. The van der Waals surface area contributed by atoms with Gasteiger partial charge in [0.2, 0.25) is 0 Å². The highest BCUT2D eigenvalue weighted by molar-refractivity contribution is 5.77. The molecule has 13 heavy (non-hydrogen) atoms. The van der Waals surface area contributed by atoms with E-state index in [0.717, 1.165) is 11.3 Å². The number of fused-ring (bicyclic) bond motifs is 1. The van der Waals surface area contributed by atoms with Gasteiger partial charge in [0.1, 0.15) is 5.75 Å². The Morgan fingerprint density at radius 1 is 1.31 bits per heavy atom. The molecular weight excluding hydrogens is 164 g/mol. The Balaban J connectivity index is 2.28. The summed E-state index contributed by atoms with van der Waals surface area (Å²) in [6.45, 7) is 0.712. The smallest absolute Gasteiger partial charge is 0.292 e. The predicted molar refractivity (Wildman–Crippen MR) is 51.9 cm³/mol. The van der Waals surface area contributed by atoms with Crippen LogP contribution in [0.1, 0.15) is 5.56 Å². The Hall–Kier alpha value is -1.51. The van der Waals surface area contributed by atoms with Gasteiger partial charge in [0.05, 0.1) is 6.54 Å². The second-order valence-electron chi connectivity index (χ2n) is 3.20. The van der Waals surface area contributed by atoms with Crippen molar-refractivity contribution in [3.8, 4) is 5.75 Å². The van der Waals surface area contributed by atoms with Crippen LogP contribution in [0.25, 0.3) is 0 Å². The second kappa shape index (κ2) is 3.09. The molecule has 0 fully saturated rings. The molecule has 0 atom stereocenters. The Morgan fingerprint density at radius 2 is 2.08 bits per heavy atom. The Labute approximate surface area is 77.7 Å². The summed E-state index contributed by atoms with van der Waals surface area (Å²) in [7, 11) is 3.85. The molecule has 2 rings (SSSR count). The zero-order chi connectivity index (χ0) is 9.26. The number of nitrogens with zero attached hydrogens (tertiary/aromatic N) is 2. The molecule has 1 aromatic carbocycles. The lowest BCUT2D eigenvalue weighted by atomic mass is 10.2. The van der Waals surface area contributed by atoms with E-state index in [1.54, 1.807) is 0 Å². The number of aliphatic imine (C=N–C) groups is 1. The molecule has 3 heteroatoms. The van der Waals surface area contributed by atoms with E-state index in [0.29, 0.717) is 12.6 Å². The van der Waals surface area contributed by atoms with E-state index >= 15 is 0 Å². The highest BCUT2D eigenvalue weighted by atomic mass is 16.5. The van der Waals surface area contributed by atoms with Crippen LogP contribution >= 0.6 is 0 Å². The third kappa shape index (κ3) is 1.49. The number of hydrogen-bond acceptors (Lipinski definition) is 3. The maximum Gasteiger partial charge on any atom is 0.292 e. The topological polar surface area (TPSA) is 24.8 Å². The first kappa shape index (κ1) is 8.10. The molecule has 1 heterocycles. The van der Waals surface area contributed by atoms with Crippen LogP contribution in [0.3, 0.4) is 0 Å². The van der Waals surface area contributed by atoms with E-state index in [1.807, 2.05) is 43.3 Å². The van der Waals surface area contributed by atoms with E-state index in [-0.39, 0.29) is 0 Å². The molecular formula is C10H12N2O. The first-order chi connectivity index (χ1) is 6.27. The summed E-state index contributed by atoms with van der Waals surface area (Å²) in [5.41, 5.74) is 1.15. The average molecular weight is 176 g/mol. The second-order valence-corrected chi connectivity index (χ2v) is 3.20. The van der Waals surface area contributed by atoms with Crippen LogP contribution in [0.4, 0.5) is 0 Å². The van der Waals surface area contributed by atoms with Gasteiger partial charge in [-0.15, -0.1) is 0 Å². The number of rotatable bonds is 0. The molecule has 0 aliphatic carbocycles. The molecule has 3 nitrogen and oxygen atoms in total. The lowest BCUT2D eigenvalue weighted by Crippen LogP contribution is -2.29. The zero-order valence-corrected chi connectivity index (χ0v) is 7.82. The van der Waals surface area contributed by atoms with Crippen LogP contribution in [-0.2, 0) is 6.54 Å². The summed E-state index contributed by atoms with van der Waals surface area (Å²) in [5.74, 6) is 0.918. The van der Waals surface area contributed by atoms with Crippen molar-refractivity contribution in [3.05, 3.63) is 29.8 Å². The molecule has 1 aliphatic rings. The Morgan fingerprint density at radius 3 is 2.85 bits per heavy atom. The minimum absolute atomic E-state index is 0.679. The van der Waals surface area contributed by atoms with Crippen LogP contribution in [-0.4, -0.2) is 25.0 Å². The average Bonchev–Trinajstić information content (AvgIpc) is 2.17. The van der Waals surface area contributed by atoms with Gasteiger partial charge in [0, 0.05) is 19.7 Å². The van der Waals surface area contributed by atoms with Crippen molar-refractivity contribution < 1.29 is 4.74 Å². The maximum atomic E-state index is 5.57. The first-order valence-electron chi connectivity index (χ1n) is 4.25. The molecule has 0 saturated carbocycles. The van der Waals surface area contributed by atoms with Gasteiger partial charge in [-0.25, -0.2) is 4.99 Å². The van der Waals surface area contributed by atoms with Crippen LogP contribution in [0, 0.1) is 0 Å². The van der Waals surface area contributed by atoms with Crippen LogP contribution in [0.15, 0.2) is 29.3 Å². The fraction of sp³-hybridized carbons (Fsp3) is 0.300. The fourth-order valence-corrected chi connectivity index (χ4v) is 1.25. The normalized spacial score (nSPS) is 14.2. The molecule has 68 valence electrons. The molecule has 0 N–H and O–H groups in total. The van der Waals surface area contributed by atoms with Gasteiger partial charge >= 0.3 is 0 Å². The predicted octanol–water partition coefficient (Wildman–Crippen LogP) is 1.50. The summed E-state index contributed by atoms with van der Waals surface area (Å²) < 4.78 is 5.57. The van der Waals surface area contributed by atoms with E-state index < -0.39 is 0 Å². The molecule has 1 aromatic rings. The molecule has 1 aliphatic heterocycles. The van der Waals surface area contributed by atoms with Crippen molar-refractivity contribution in [2.45, 2.75) is 6.54 Å². The molecule has 0 spiro atoms. The van der Waals surface area contributed by atoms with Gasteiger partial charge in [0.15, 0.2) is 0 Å². The molecule has 0 radical (unpaired) electrons. The summed E-state index contributed by atoms with van der Waals surface area (Å²) in [6, 6.07) is 8.65. The van der Waals surface area contributed by atoms with E-state index in [9.17, 15) is 0 Å². The molecule has 0 aromatic heterocycles. The Kier molecular flexibility index (Phi) is 1.93. The maximum absolute atomic E-state index is 5.57. The monoisotopic (exact) mass is 176 g/mol. The van der Waals surface area contributed by atoms with Crippen molar-refractivity contribution in [2.24, 2.45) is 4.99 Å². The van der Waals surface area contributed by atoms with Crippen LogP contribution in [0.2, 0.25) is 0 Å². The van der Waals surface area contributed by atoms with Gasteiger partial charge in [-0.05, 0) is 6.07 Å². The lowest BCUT2D eigenvalue weighted by molar-refractivity contribution is 0.413. The van der Waals surface area contributed by atoms with Crippen molar-refractivity contribution >= 4 is 6.02 Å². The quantitative estimate of drug-likeness (QED) is 0.598. The highest BCUT2D eigenvalue weighted by Crippen LogP contribution is 2.22. The number of para-hydroxylation sites is 1. The van der Waals surface area contributed by atoms with Crippen molar-refractivity contribution in [3.63, 3.8) is 0 Å². The van der Waals surface area contributed by atoms with Crippen molar-refractivity contribution in [2.75, 3.05) is 14.1 Å². The molecule has 0 unspecified atom stereocenters. The lowest BCUT2D eigenvalue weighted by Gasteiger charge is -2.21. The van der Waals surface area contributed by atoms with E-state index in [4.69, 9.17) is 4.74 Å². The number of ether oxygens (including phenoxy) is 1. The van der Waals surface area contributed by atoms with Gasteiger partial charge in [-0.2, -0.15) is 0 Å². The summed E-state index contributed by atoms with van der Waals surface area (Å²) in [6.07, 6.45) is 0. The first-order valence-corrected chi connectivity index (χ1v) is 4.25. The third-order valence-corrected chi connectivity index (χ3v) is 1.94. The SMILES string of the molecule is CN(C)C1=NCc2ccccc2O1. The molecule has 0 bridgehead atoms. The van der Waals surface area contributed by atoms with Crippen LogP contribution < -0.4 is 4.74 Å². The minimum Gasteiger partial charge on any atom is -0.426 e. The Bertz CT molecular complexity index is 345. The van der Waals surface area contributed by atoms with Gasteiger partial charge in [-0.1, -0.05) is 18.2 Å². The van der Waals surface area contributed by atoms with Crippen LogP contribution in [0.5, 0.6) is 5.75 Å². The standard InChI is InChI=1S/C10H12N2O/c1-12(2)10-11-7-8-5-3-4-6-9(8)13-10/h3-6H,7H2,1-2H3. The van der Waals surface area contributed by atoms with Crippen molar-refractivity contribution in [1.82, 2.24) is 4.90 Å². The minimum atomic E-state index is 0.679. The summed E-state index contributed by atoms with van der Waals surface area (Å²) in [5, 5.41) is 0. The van der Waals surface area contributed by atoms with Gasteiger partial charge in [-0.3, -0.25) is 0 Å². The highest BCUT2D eigenvalue weighted by Gasteiger charge is 2.13.